The fourth-order valence-electron chi connectivity index (χ4n) is 2.29. The van der Waals surface area contributed by atoms with Crippen molar-refractivity contribution in [3.8, 4) is 0 Å². The van der Waals surface area contributed by atoms with Crippen LogP contribution in [0.15, 0.2) is 17.5 Å². The SMILES string of the molecule is OCC1(c2cccs2)CCCCC1. The second-order valence-corrected chi connectivity index (χ2v) is 4.92. The second kappa shape index (κ2) is 3.81. The summed E-state index contributed by atoms with van der Waals surface area (Å²) in [7, 11) is 0. The molecule has 2 rings (SSSR count). The van der Waals surface area contributed by atoms with Gasteiger partial charge in [0, 0.05) is 10.3 Å². The van der Waals surface area contributed by atoms with E-state index >= 15 is 0 Å². The van der Waals surface area contributed by atoms with Crippen LogP contribution in [0.2, 0.25) is 0 Å². The molecular formula is C11H16OS. The van der Waals surface area contributed by atoms with Gasteiger partial charge in [-0.15, -0.1) is 11.3 Å². The predicted molar refractivity (Wildman–Crippen MR) is 56.2 cm³/mol. The number of hydrogen-bond donors (Lipinski definition) is 1. The maximum atomic E-state index is 9.52. The molecule has 0 radical (unpaired) electrons. The molecule has 1 aliphatic rings. The van der Waals surface area contributed by atoms with Crippen molar-refractivity contribution in [1.82, 2.24) is 0 Å². The van der Waals surface area contributed by atoms with Crippen LogP contribution in [0.25, 0.3) is 0 Å². The highest BCUT2D eigenvalue weighted by molar-refractivity contribution is 7.10. The summed E-state index contributed by atoms with van der Waals surface area (Å²) in [5.41, 5.74) is 0.117. The van der Waals surface area contributed by atoms with E-state index in [9.17, 15) is 5.11 Å². The van der Waals surface area contributed by atoms with Crippen molar-refractivity contribution in [3.05, 3.63) is 22.4 Å². The molecule has 0 bridgehead atoms. The quantitative estimate of drug-likeness (QED) is 0.771. The molecule has 13 heavy (non-hydrogen) atoms. The van der Waals surface area contributed by atoms with Gasteiger partial charge in [0.2, 0.25) is 0 Å². The van der Waals surface area contributed by atoms with Crippen LogP contribution in [0.5, 0.6) is 0 Å². The van der Waals surface area contributed by atoms with Crippen molar-refractivity contribution in [2.24, 2.45) is 0 Å². The van der Waals surface area contributed by atoms with E-state index in [1.807, 2.05) is 0 Å². The van der Waals surface area contributed by atoms with Crippen LogP contribution in [0.3, 0.4) is 0 Å². The van der Waals surface area contributed by atoms with Crippen LogP contribution in [0.4, 0.5) is 0 Å². The Hall–Kier alpha value is -0.340. The molecule has 1 aliphatic carbocycles. The Morgan fingerprint density at radius 2 is 2.08 bits per heavy atom. The topological polar surface area (TPSA) is 20.2 Å². The normalized spacial score (nSPS) is 21.6. The molecule has 1 aromatic heterocycles. The van der Waals surface area contributed by atoms with Crippen LogP contribution in [0.1, 0.15) is 37.0 Å². The highest BCUT2D eigenvalue weighted by Gasteiger charge is 2.33. The monoisotopic (exact) mass is 196 g/mol. The van der Waals surface area contributed by atoms with Crippen molar-refractivity contribution in [3.63, 3.8) is 0 Å². The minimum atomic E-state index is 0.117. The number of aliphatic hydroxyl groups is 1. The minimum absolute atomic E-state index is 0.117. The molecule has 72 valence electrons. The van der Waals surface area contributed by atoms with Crippen LogP contribution in [-0.4, -0.2) is 11.7 Å². The molecule has 0 atom stereocenters. The van der Waals surface area contributed by atoms with Crippen molar-refractivity contribution in [2.75, 3.05) is 6.61 Å². The summed E-state index contributed by atoms with van der Waals surface area (Å²) in [5, 5.41) is 11.6. The lowest BCUT2D eigenvalue weighted by atomic mass is 9.74. The molecule has 0 saturated heterocycles. The molecule has 1 fully saturated rings. The third-order valence-corrected chi connectivity index (χ3v) is 4.27. The third kappa shape index (κ3) is 1.65. The smallest absolute Gasteiger partial charge is 0.0535 e. The first-order valence-electron chi connectivity index (χ1n) is 5.02. The van der Waals surface area contributed by atoms with Gasteiger partial charge in [-0.05, 0) is 24.3 Å². The van der Waals surface area contributed by atoms with Gasteiger partial charge in [0.25, 0.3) is 0 Å². The van der Waals surface area contributed by atoms with Gasteiger partial charge in [0.05, 0.1) is 6.61 Å². The van der Waals surface area contributed by atoms with E-state index in [0.29, 0.717) is 6.61 Å². The number of aliphatic hydroxyl groups excluding tert-OH is 1. The highest BCUT2D eigenvalue weighted by atomic mass is 32.1. The Labute approximate surface area is 83.4 Å². The number of rotatable bonds is 2. The summed E-state index contributed by atoms with van der Waals surface area (Å²) in [4.78, 5) is 1.38. The lowest BCUT2D eigenvalue weighted by molar-refractivity contribution is 0.154. The van der Waals surface area contributed by atoms with Gasteiger partial charge in [-0.3, -0.25) is 0 Å². The maximum Gasteiger partial charge on any atom is 0.0535 e. The molecule has 1 nitrogen and oxygen atoms in total. The van der Waals surface area contributed by atoms with Gasteiger partial charge in [-0.25, -0.2) is 0 Å². The Kier molecular flexibility index (Phi) is 2.70. The van der Waals surface area contributed by atoms with Gasteiger partial charge in [0.1, 0.15) is 0 Å². The first kappa shape index (κ1) is 9.22. The highest BCUT2D eigenvalue weighted by Crippen LogP contribution is 2.40. The van der Waals surface area contributed by atoms with Gasteiger partial charge in [-0.1, -0.05) is 25.3 Å². The summed E-state index contributed by atoms with van der Waals surface area (Å²) in [6.45, 7) is 0.327. The fourth-order valence-corrected chi connectivity index (χ4v) is 3.27. The van der Waals surface area contributed by atoms with Crippen LogP contribution in [0, 0.1) is 0 Å². The lowest BCUT2D eigenvalue weighted by Crippen LogP contribution is -2.31. The Bertz CT molecular complexity index is 247. The molecule has 0 aliphatic heterocycles. The number of hydrogen-bond acceptors (Lipinski definition) is 2. The third-order valence-electron chi connectivity index (χ3n) is 3.16. The predicted octanol–water partition coefficient (Wildman–Crippen LogP) is 2.94. The molecule has 0 unspecified atom stereocenters. The van der Waals surface area contributed by atoms with Gasteiger partial charge < -0.3 is 5.11 Å². The van der Waals surface area contributed by atoms with Crippen LogP contribution >= 0.6 is 11.3 Å². The molecule has 0 spiro atoms. The van der Waals surface area contributed by atoms with E-state index < -0.39 is 0 Å². The van der Waals surface area contributed by atoms with E-state index in [2.05, 4.69) is 17.5 Å². The molecule has 1 N–H and O–H groups in total. The molecular weight excluding hydrogens is 180 g/mol. The molecule has 1 saturated carbocycles. The average Bonchev–Trinajstić information content (AvgIpc) is 2.72. The zero-order chi connectivity index (χ0) is 9.15. The Morgan fingerprint density at radius 1 is 1.31 bits per heavy atom. The van der Waals surface area contributed by atoms with Crippen LogP contribution in [-0.2, 0) is 5.41 Å². The zero-order valence-electron chi connectivity index (χ0n) is 7.83. The fraction of sp³-hybridized carbons (Fsp3) is 0.636. The number of thiophene rings is 1. The van der Waals surface area contributed by atoms with E-state index in [0.717, 1.165) is 0 Å². The second-order valence-electron chi connectivity index (χ2n) is 3.98. The van der Waals surface area contributed by atoms with E-state index in [1.165, 1.54) is 37.0 Å². The van der Waals surface area contributed by atoms with Crippen molar-refractivity contribution in [2.45, 2.75) is 37.5 Å². The summed E-state index contributed by atoms with van der Waals surface area (Å²) in [5.74, 6) is 0. The lowest BCUT2D eigenvalue weighted by Gasteiger charge is -2.34. The summed E-state index contributed by atoms with van der Waals surface area (Å²) in [6.07, 6.45) is 6.23. The van der Waals surface area contributed by atoms with Gasteiger partial charge in [-0.2, -0.15) is 0 Å². The summed E-state index contributed by atoms with van der Waals surface area (Å²) >= 11 is 1.79. The average molecular weight is 196 g/mol. The van der Waals surface area contributed by atoms with Crippen LogP contribution < -0.4 is 0 Å². The van der Waals surface area contributed by atoms with Gasteiger partial charge in [0.15, 0.2) is 0 Å². The minimum Gasteiger partial charge on any atom is -0.395 e. The standard InChI is InChI=1S/C11H16OS/c12-9-11(6-2-1-3-7-11)10-5-4-8-13-10/h4-5,8,12H,1-3,6-7,9H2. The Balaban J connectivity index is 2.23. The molecule has 1 aromatic rings. The maximum absolute atomic E-state index is 9.52. The van der Waals surface area contributed by atoms with Crippen molar-refractivity contribution >= 4 is 11.3 Å². The van der Waals surface area contributed by atoms with Gasteiger partial charge >= 0.3 is 0 Å². The molecule has 1 heterocycles. The molecule has 0 amide bonds. The van der Waals surface area contributed by atoms with E-state index in [-0.39, 0.29) is 5.41 Å². The van der Waals surface area contributed by atoms with E-state index in [1.54, 1.807) is 11.3 Å². The zero-order valence-corrected chi connectivity index (χ0v) is 8.65. The summed E-state index contributed by atoms with van der Waals surface area (Å²) in [6, 6.07) is 4.26. The summed E-state index contributed by atoms with van der Waals surface area (Å²) < 4.78 is 0. The molecule has 0 aromatic carbocycles. The molecule has 2 heteroatoms. The van der Waals surface area contributed by atoms with Crippen molar-refractivity contribution in [1.29, 1.82) is 0 Å². The Morgan fingerprint density at radius 3 is 2.62 bits per heavy atom. The largest absolute Gasteiger partial charge is 0.395 e. The first-order chi connectivity index (χ1) is 6.37. The van der Waals surface area contributed by atoms with E-state index in [4.69, 9.17) is 0 Å². The first-order valence-corrected chi connectivity index (χ1v) is 5.90. The van der Waals surface area contributed by atoms with Crippen molar-refractivity contribution < 1.29 is 5.11 Å².